The highest BCUT2D eigenvalue weighted by Gasteiger charge is 2.07. The topological polar surface area (TPSA) is 52.6 Å². The Morgan fingerprint density at radius 2 is 1.32 bits per heavy atom. The van der Waals surface area contributed by atoms with Gasteiger partial charge in [-0.15, -0.1) is 0 Å². The zero-order valence-corrected chi connectivity index (χ0v) is 14.7. The minimum absolute atomic E-state index is 0.206. The molecular weight excluding hydrogens is 280 g/mol. The van der Waals surface area contributed by atoms with Gasteiger partial charge < -0.3 is 9.47 Å². The van der Waals surface area contributed by atoms with Crippen molar-refractivity contribution in [3.05, 3.63) is 0 Å². The maximum absolute atomic E-state index is 11.5. The lowest BCUT2D eigenvalue weighted by Gasteiger charge is -2.07. The van der Waals surface area contributed by atoms with Crippen LogP contribution in [0.5, 0.6) is 0 Å². The van der Waals surface area contributed by atoms with Gasteiger partial charge in [0.15, 0.2) is 0 Å². The van der Waals surface area contributed by atoms with Crippen molar-refractivity contribution in [2.45, 2.75) is 85.0 Å². The summed E-state index contributed by atoms with van der Waals surface area (Å²) in [5.74, 6) is -0.0906. The van der Waals surface area contributed by atoms with Crippen LogP contribution in [-0.4, -0.2) is 25.2 Å². The number of hydrogen-bond donors (Lipinski definition) is 0. The third-order valence-electron chi connectivity index (χ3n) is 3.35. The third-order valence-corrected chi connectivity index (χ3v) is 3.35. The van der Waals surface area contributed by atoms with Gasteiger partial charge in [-0.1, -0.05) is 59.3 Å². The second kappa shape index (κ2) is 14.9. The van der Waals surface area contributed by atoms with Crippen molar-refractivity contribution in [3.8, 4) is 0 Å². The fourth-order valence-corrected chi connectivity index (χ4v) is 2.03. The van der Waals surface area contributed by atoms with E-state index in [1.165, 1.54) is 32.1 Å². The van der Waals surface area contributed by atoms with E-state index in [0.29, 0.717) is 38.4 Å². The largest absolute Gasteiger partial charge is 0.466 e. The van der Waals surface area contributed by atoms with Crippen LogP contribution >= 0.6 is 0 Å². The molecule has 0 aliphatic carbocycles. The van der Waals surface area contributed by atoms with Gasteiger partial charge in [0, 0.05) is 12.8 Å². The van der Waals surface area contributed by atoms with Crippen LogP contribution < -0.4 is 0 Å². The molecule has 0 unspecified atom stereocenters. The van der Waals surface area contributed by atoms with Gasteiger partial charge >= 0.3 is 11.9 Å². The molecule has 0 aliphatic rings. The Morgan fingerprint density at radius 1 is 0.773 bits per heavy atom. The zero-order valence-electron chi connectivity index (χ0n) is 14.7. The van der Waals surface area contributed by atoms with Crippen LogP contribution in [0.25, 0.3) is 0 Å². The van der Waals surface area contributed by atoms with Crippen LogP contribution in [-0.2, 0) is 19.1 Å². The lowest BCUT2D eigenvalue weighted by molar-refractivity contribution is -0.146. The Kier molecular flexibility index (Phi) is 14.1. The lowest BCUT2D eigenvalue weighted by Crippen LogP contribution is -2.11. The number of ether oxygens (including phenoxy) is 2. The Labute approximate surface area is 135 Å². The highest BCUT2D eigenvalue weighted by atomic mass is 16.5. The normalized spacial score (nSPS) is 10.7. The number of hydrogen-bond acceptors (Lipinski definition) is 4. The average Bonchev–Trinajstić information content (AvgIpc) is 2.48. The van der Waals surface area contributed by atoms with Gasteiger partial charge in [0.1, 0.15) is 0 Å². The molecule has 4 heteroatoms. The van der Waals surface area contributed by atoms with Crippen LogP contribution in [0.1, 0.15) is 85.0 Å². The summed E-state index contributed by atoms with van der Waals surface area (Å²) in [6.45, 7) is 7.15. The summed E-state index contributed by atoms with van der Waals surface area (Å²) in [4.78, 5) is 22.9. The Bertz CT molecular complexity index is 287. The molecule has 130 valence electrons. The molecule has 0 aliphatic heterocycles. The summed E-state index contributed by atoms with van der Waals surface area (Å²) in [7, 11) is 0. The monoisotopic (exact) mass is 314 g/mol. The predicted molar refractivity (Wildman–Crippen MR) is 88.6 cm³/mol. The Hall–Kier alpha value is -1.06. The standard InChI is InChI=1S/C18H34O4/c1-4-5-6-7-8-9-10-14-21-17(19)12-11-13-18(20)22-15-16(2)3/h16H,4-15H2,1-3H3. The molecule has 0 fully saturated rings. The second-order valence-corrected chi connectivity index (χ2v) is 6.27. The van der Waals surface area contributed by atoms with Crippen LogP contribution in [0.2, 0.25) is 0 Å². The molecule has 0 rings (SSSR count). The number of rotatable bonds is 14. The van der Waals surface area contributed by atoms with Gasteiger partial charge in [-0.25, -0.2) is 0 Å². The van der Waals surface area contributed by atoms with E-state index in [4.69, 9.17) is 9.47 Å². The van der Waals surface area contributed by atoms with E-state index in [0.717, 1.165) is 12.8 Å². The van der Waals surface area contributed by atoms with Gasteiger partial charge in [0.25, 0.3) is 0 Å². The first-order valence-corrected chi connectivity index (χ1v) is 8.87. The van der Waals surface area contributed by atoms with Crippen molar-refractivity contribution in [3.63, 3.8) is 0 Å². The molecule has 0 spiro atoms. The van der Waals surface area contributed by atoms with Crippen LogP contribution in [0, 0.1) is 5.92 Å². The first kappa shape index (κ1) is 20.9. The summed E-state index contributed by atoms with van der Waals surface area (Å²) in [6.07, 6.45) is 9.55. The fraction of sp³-hybridized carbons (Fsp3) is 0.889. The van der Waals surface area contributed by atoms with Crippen molar-refractivity contribution in [1.29, 1.82) is 0 Å². The van der Waals surface area contributed by atoms with Gasteiger partial charge in [0.2, 0.25) is 0 Å². The minimum atomic E-state index is -0.228. The van der Waals surface area contributed by atoms with E-state index in [1.807, 2.05) is 13.8 Å². The molecule has 22 heavy (non-hydrogen) atoms. The molecule has 0 aromatic carbocycles. The van der Waals surface area contributed by atoms with E-state index in [1.54, 1.807) is 0 Å². The molecule has 0 aromatic rings. The summed E-state index contributed by atoms with van der Waals surface area (Å²) in [6, 6.07) is 0. The van der Waals surface area contributed by atoms with Crippen LogP contribution in [0.4, 0.5) is 0 Å². The van der Waals surface area contributed by atoms with Gasteiger partial charge in [-0.3, -0.25) is 9.59 Å². The van der Waals surface area contributed by atoms with Gasteiger partial charge in [-0.05, 0) is 18.8 Å². The van der Waals surface area contributed by atoms with E-state index < -0.39 is 0 Å². The Morgan fingerprint density at radius 3 is 1.91 bits per heavy atom. The molecule has 0 radical (unpaired) electrons. The summed E-state index contributed by atoms with van der Waals surface area (Å²) >= 11 is 0. The van der Waals surface area contributed by atoms with Crippen LogP contribution in [0.3, 0.4) is 0 Å². The number of unbranched alkanes of at least 4 members (excludes halogenated alkanes) is 6. The van der Waals surface area contributed by atoms with E-state index in [-0.39, 0.29) is 11.9 Å². The molecule has 0 heterocycles. The van der Waals surface area contributed by atoms with Crippen molar-refractivity contribution in [2.75, 3.05) is 13.2 Å². The highest BCUT2D eigenvalue weighted by Crippen LogP contribution is 2.07. The number of esters is 2. The van der Waals surface area contributed by atoms with Crippen LogP contribution in [0.15, 0.2) is 0 Å². The summed E-state index contributed by atoms with van der Waals surface area (Å²) in [5, 5.41) is 0. The molecular formula is C18H34O4. The summed E-state index contributed by atoms with van der Waals surface area (Å²) in [5.41, 5.74) is 0. The number of carbonyl (C=O) groups excluding carboxylic acids is 2. The molecule has 0 saturated heterocycles. The highest BCUT2D eigenvalue weighted by molar-refractivity contribution is 5.72. The predicted octanol–water partition coefficient (Wildman–Crippen LogP) is 4.65. The van der Waals surface area contributed by atoms with E-state index >= 15 is 0 Å². The smallest absolute Gasteiger partial charge is 0.305 e. The van der Waals surface area contributed by atoms with E-state index in [9.17, 15) is 9.59 Å². The first-order valence-electron chi connectivity index (χ1n) is 8.87. The maximum Gasteiger partial charge on any atom is 0.305 e. The van der Waals surface area contributed by atoms with Gasteiger partial charge in [-0.2, -0.15) is 0 Å². The van der Waals surface area contributed by atoms with Crippen molar-refractivity contribution < 1.29 is 19.1 Å². The first-order chi connectivity index (χ1) is 10.6. The second-order valence-electron chi connectivity index (χ2n) is 6.27. The maximum atomic E-state index is 11.5. The molecule has 0 N–H and O–H groups in total. The third kappa shape index (κ3) is 15.3. The Balaban J connectivity index is 3.34. The van der Waals surface area contributed by atoms with E-state index in [2.05, 4.69) is 6.92 Å². The summed E-state index contributed by atoms with van der Waals surface area (Å²) < 4.78 is 10.2. The minimum Gasteiger partial charge on any atom is -0.466 e. The molecule has 0 atom stereocenters. The van der Waals surface area contributed by atoms with Gasteiger partial charge in [0.05, 0.1) is 13.2 Å². The molecule has 0 aromatic heterocycles. The number of carbonyl (C=O) groups is 2. The SMILES string of the molecule is CCCCCCCCCOC(=O)CCCC(=O)OCC(C)C. The molecule has 0 bridgehead atoms. The quantitative estimate of drug-likeness (QED) is 0.346. The molecule has 0 saturated carbocycles. The van der Waals surface area contributed by atoms with Crippen molar-refractivity contribution in [1.82, 2.24) is 0 Å². The average molecular weight is 314 g/mol. The molecule has 0 amide bonds. The zero-order chi connectivity index (χ0) is 16.6. The van der Waals surface area contributed by atoms with Crippen molar-refractivity contribution >= 4 is 11.9 Å². The van der Waals surface area contributed by atoms with Crippen molar-refractivity contribution in [2.24, 2.45) is 5.92 Å². The molecule has 4 nitrogen and oxygen atoms in total. The lowest BCUT2D eigenvalue weighted by atomic mass is 10.1. The fourth-order valence-electron chi connectivity index (χ4n) is 2.03.